The highest BCUT2D eigenvalue weighted by Gasteiger charge is 2.31. The predicted octanol–water partition coefficient (Wildman–Crippen LogP) is 1.80. The number of nitrogens with zero attached hydrogens (tertiary/aromatic N) is 1. The Morgan fingerprint density at radius 3 is 3.05 bits per heavy atom. The third kappa shape index (κ3) is 2.22. The molecule has 0 aliphatic carbocycles. The van der Waals surface area contributed by atoms with E-state index in [2.05, 4.69) is 11.8 Å². The van der Waals surface area contributed by atoms with Crippen molar-refractivity contribution in [3.8, 4) is 17.2 Å². The van der Waals surface area contributed by atoms with Crippen LogP contribution in [0.1, 0.15) is 24.8 Å². The molecule has 5 nitrogen and oxygen atoms in total. The van der Waals surface area contributed by atoms with Crippen LogP contribution in [0.4, 0.5) is 0 Å². The Kier molecular flexibility index (Phi) is 3.53. The topological polar surface area (TPSA) is 48.0 Å². The number of fused-ring (bicyclic) bond motifs is 1. The fourth-order valence-electron chi connectivity index (χ4n) is 3.08. The zero-order valence-corrected chi connectivity index (χ0v) is 11.8. The first-order valence-electron chi connectivity index (χ1n) is 6.88. The molecule has 0 spiro atoms. The van der Waals surface area contributed by atoms with Crippen molar-refractivity contribution in [1.29, 1.82) is 0 Å². The molecule has 2 aliphatic heterocycles. The van der Waals surface area contributed by atoms with E-state index >= 15 is 0 Å². The van der Waals surface area contributed by atoms with Gasteiger partial charge in [0.1, 0.15) is 6.29 Å². The van der Waals surface area contributed by atoms with Gasteiger partial charge in [0.15, 0.2) is 11.5 Å². The Morgan fingerprint density at radius 1 is 1.45 bits per heavy atom. The second kappa shape index (κ2) is 5.32. The van der Waals surface area contributed by atoms with Crippen LogP contribution in [0, 0.1) is 0 Å². The van der Waals surface area contributed by atoms with Gasteiger partial charge in [-0.25, -0.2) is 0 Å². The third-order valence-corrected chi connectivity index (χ3v) is 4.17. The molecule has 0 bridgehead atoms. The molecule has 1 aromatic rings. The number of likely N-dealkylation sites (tertiary alicyclic amines) is 1. The molecule has 0 radical (unpaired) electrons. The van der Waals surface area contributed by atoms with Gasteiger partial charge in [-0.15, -0.1) is 0 Å². The van der Waals surface area contributed by atoms with Crippen LogP contribution < -0.4 is 14.2 Å². The SMILES string of the molecule is COc1cc([C@@H]2C[C@H](C)N(CC=O)C2)cc2c1OCO2. The number of hydrogen-bond donors (Lipinski definition) is 0. The van der Waals surface area contributed by atoms with Crippen LogP contribution in [0.3, 0.4) is 0 Å². The zero-order chi connectivity index (χ0) is 14.1. The molecule has 0 amide bonds. The van der Waals surface area contributed by atoms with Gasteiger partial charge in [0.05, 0.1) is 13.7 Å². The van der Waals surface area contributed by atoms with Gasteiger partial charge in [0.25, 0.3) is 0 Å². The van der Waals surface area contributed by atoms with Crippen molar-refractivity contribution in [3.05, 3.63) is 17.7 Å². The molecule has 0 aromatic heterocycles. The highest BCUT2D eigenvalue weighted by Crippen LogP contribution is 2.44. The average molecular weight is 277 g/mol. The standard InChI is InChI=1S/C15H19NO4/c1-10-5-12(8-16(10)3-4-17)11-6-13(18-2)15-14(7-11)19-9-20-15/h4,6-7,10,12H,3,5,8-9H2,1-2H3/t10-,12+/m0/s1. The lowest BCUT2D eigenvalue weighted by Crippen LogP contribution is -2.28. The highest BCUT2D eigenvalue weighted by molar-refractivity contribution is 5.56. The van der Waals surface area contributed by atoms with Crippen LogP contribution in [0.5, 0.6) is 17.2 Å². The van der Waals surface area contributed by atoms with Gasteiger partial charge in [-0.1, -0.05) is 0 Å². The summed E-state index contributed by atoms with van der Waals surface area (Å²) >= 11 is 0. The lowest BCUT2D eigenvalue weighted by Gasteiger charge is -2.17. The number of rotatable bonds is 4. The first kappa shape index (κ1) is 13.2. The monoisotopic (exact) mass is 277 g/mol. The Balaban J connectivity index is 1.86. The normalized spacial score (nSPS) is 24.9. The number of hydrogen-bond acceptors (Lipinski definition) is 5. The van der Waals surface area contributed by atoms with E-state index < -0.39 is 0 Å². The van der Waals surface area contributed by atoms with Gasteiger partial charge in [0.2, 0.25) is 12.5 Å². The molecule has 1 saturated heterocycles. The van der Waals surface area contributed by atoms with Crippen LogP contribution in [0.2, 0.25) is 0 Å². The summed E-state index contributed by atoms with van der Waals surface area (Å²) in [6.45, 7) is 3.79. The fraction of sp³-hybridized carbons (Fsp3) is 0.533. The number of methoxy groups -OCH3 is 1. The van der Waals surface area contributed by atoms with Gasteiger partial charge < -0.3 is 19.0 Å². The maximum atomic E-state index is 10.7. The number of carbonyl (C=O) groups excluding carboxylic acids is 1. The van der Waals surface area contributed by atoms with Gasteiger partial charge in [-0.05, 0) is 37.0 Å². The summed E-state index contributed by atoms with van der Waals surface area (Å²) < 4.78 is 16.3. The van der Waals surface area contributed by atoms with E-state index in [9.17, 15) is 4.79 Å². The molecule has 2 aliphatic rings. The summed E-state index contributed by atoms with van der Waals surface area (Å²) in [5, 5.41) is 0. The minimum atomic E-state index is 0.244. The summed E-state index contributed by atoms with van der Waals surface area (Å²) in [5.74, 6) is 2.55. The van der Waals surface area contributed by atoms with Crippen molar-refractivity contribution in [1.82, 2.24) is 4.90 Å². The number of aldehydes is 1. The minimum absolute atomic E-state index is 0.244. The molecule has 1 aromatic carbocycles. The highest BCUT2D eigenvalue weighted by atomic mass is 16.7. The van der Waals surface area contributed by atoms with Crippen molar-refractivity contribution in [2.75, 3.05) is 27.0 Å². The quantitative estimate of drug-likeness (QED) is 0.785. The second-order valence-electron chi connectivity index (χ2n) is 5.36. The largest absolute Gasteiger partial charge is 0.493 e. The Bertz CT molecular complexity index is 517. The maximum Gasteiger partial charge on any atom is 0.231 e. The zero-order valence-electron chi connectivity index (χ0n) is 11.8. The molecule has 108 valence electrons. The minimum Gasteiger partial charge on any atom is -0.493 e. The fourth-order valence-corrected chi connectivity index (χ4v) is 3.08. The molecule has 20 heavy (non-hydrogen) atoms. The summed E-state index contributed by atoms with van der Waals surface area (Å²) in [6.07, 6.45) is 2.01. The van der Waals surface area contributed by atoms with Crippen LogP contribution in [-0.2, 0) is 4.79 Å². The first-order chi connectivity index (χ1) is 9.72. The Labute approximate surface area is 118 Å². The smallest absolute Gasteiger partial charge is 0.231 e. The van der Waals surface area contributed by atoms with E-state index in [4.69, 9.17) is 14.2 Å². The lowest BCUT2D eigenvalue weighted by molar-refractivity contribution is -0.109. The van der Waals surface area contributed by atoms with Gasteiger partial charge in [-0.3, -0.25) is 4.90 Å². The van der Waals surface area contributed by atoms with Crippen LogP contribution in [0.25, 0.3) is 0 Å². The first-order valence-corrected chi connectivity index (χ1v) is 6.88. The van der Waals surface area contributed by atoms with Crippen molar-refractivity contribution in [3.63, 3.8) is 0 Å². The van der Waals surface area contributed by atoms with Crippen LogP contribution >= 0.6 is 0 Å². The number of ether oxygens (including phenoxy) is 3. The number of carbonyl (C=O) groups is 1. The van der Waals surface area contributed by atoms with Crippen molar-refractivity contribution in [2.24, 2.45) is 0 Å². The molecular formula is C15H19NO4. The summed E-state index contributed by atoms with van der Waals surface area (Å²) in [7, 11) is 1.64. The molecule has 2 atom stereocenters. The molecule has 2 heterocycles. The molecule has 3 rings (SSSR count). The summed E-state index contributed by atoms with van der Waals surface area (Å²) in [5.41, 5.74) is 1.19. The van der Waals surface area contributed by atoms with Crippen LogP contribution in [-0.4, -0.2) is 44.2 Å². The molecule has 0 N–H and O–H groups in total. The maximum absolute atomic E-state index is 10.7. The van der Waals surface area contributed by atoms with E-state index in [-0.39, 0.29) is 6.79 Å². The molecular weight excluding hydrogens is 258 g/mol. The van der Waals surface area contributed by atoms with Crippen molar-refractivity contribution in [2.45, 2.75) is 25.3 Å². The molecule has 0 saturated carbocycles. The summed E-state index contributed by atoms with van der Waals surface area (Å²) in [6, 6.07) is 4.48. The van der Waals surface area contributed by atoms with E-state index in [0.717, 1.165) is 30.8 Å². The predicted molar refractivity (Wildman–Crippen MR) is 73.6 cm³/mol. The van der Waals surface area contributed by atoms with E-state index in [1.165, 1.54) is 5.56 Å². The van der Waals surface area contributed by atoms with E-state index in [1.807, 2.05) is 12.1 Å². The van der Waals surface area contributed by atoms with Crippen LogP contribution in [0.15, 0.2) is 12.1 Å². The molecule has 5 heteroatoms. The lowest BCUT2D eigenvalue weighted by atomic mass is 9.96. The van der Waals surface area contributed by atoms with E-state index in [1.54, 1.807) is 7.11 Å². The number of benzene rings is 1. The third-order valence-electron chi connectivity index (χ3n) is 4.17. The van der Waals surface area contributed by atoms with Gasteiger partial charge >= 0.3 is 0 Å². The van der Waals surface area contributed by atoms with Crippen molar-refractivity contribution < 1.29 is 19.0 Å². The average Bonchev–Trinajstić information content (AvgIpc) is 3.05. The van der Waals surface area contributed by atoms with Gasteiger partial charge in [-0.2, -0.15) is 0 Å². The summed E-state index contributed by atoms with van der Waals surface area (Å²) in [4.78, 5) is 12.9. The Morgan fingerprint density at radius 2 is 2.30 bits per heavy atom. The molecule has 0 unspecified atom stereocenters. The molecule has 1 fully saturated rings. The van der Waals surface area contributed by atoms with Crippen molar-refractivity contribution >= 4 is 6.29 Å². The van der Waals surface area contributed by atoms with Gasteiger partial charge in [0, 0.05) is 12.6 Å². The van der Waals surface area contributed by atoms with E-state index in [0.29, 0.717) is 24.3 Å². The Hall–Kier alpha value is -1.75. The second-order valence-corrected chi connectivity index (χ2v) is 5.36.